The normalized spacial score (nSPS) is 10.5. The van der Waals surface area contributed by atoms with Gasteiger partial charge in [-0.15, -0.1) is 0 Å². The topological polar surface area (TPSA) is 26.0 Å². The van der Waals surface area contributed by atoms with Crippen LogP contribution in [0.1, 0.15) is 5.76 Å². The highest BCUT2D eigenvalue weighted by Gasteiger charge is 2.10. The number of nitrogens with zero attached hydrogens (tertiary/aromatic N) is 1. The largest absolute Gasteiger partial charge is 0.441 e. The van der Waals surface area contributed by atoms with E-state index >= 15 is 0 Å². The quantitative estimate of drug-likeness (QED) is 0.755. The molecule has 2 nitrogen and oxygen atoms in total. The van der Waals surface area contributed by atoms with E-state index in [0.29, 0.717) is 17.2 Å². The molecule has 0 aliphatic rings. The van der Waals surface area contributed by atoms with E-state index in [2.05, 4.69) is 27.6 Å². The minimum atomic E-state index is -0.307. The first kappa shape index (κ1) is 9.64. The fourth-order valence-corrected chi connectivity index (χ4v) is 1.60. The summed E-state index contributed by atoms with van der Waals surface area (Å²) in [5.41, 5.74) is 0.401. The number of rotatable bonds is 1. The molecule has 0 saturated carbocycles. The van der Waals surface area contributed by atoms with Crippen LogP contribution in [0, 0.1) is 16.3 Å². The molecule has 1 aromatic heterocycles. The number of aryl methyl sites for hydroxylation is 1. The smallest absolute Gasteiger partial charge is 0.229 e. The van der Waals surface area contributed by atoms with Gasteiger partial charge in [-0.05, 0) is 47.7 Å². The fraction of sp³-hybridized carbons (Fsp3) is 0.100. The molecule has 14 heavy (non-hydrogen) atoms. The third kappa shape index (κ3) is 1.79. The molecule has 0 aliphatic heterocycles. The van der Waals surface area contributed by atoms with Crippen LogP contribution in [0.15, 0.2) is 28.8 Å². The second-order valence-corrected chi connectivity index (χ2v) is 4.15. The summed E-state index contributed by atoms with van der Waals surface area (Å²) in [4.78, 5) is 3.97. The van der Waals surface area contributed by atoms with Crippen LogP contribution in [-0.4, -0.2) is 4.98 Å². The number of halogens is 2. The number of benzene rings is 1. The van der Waals surface area contributed by atoms with Crippen molar-refractivity contribution in [3.63, 3.8) is 0 Å². The lowest BCUT2D eigenvalue weighted by Gasteiger charge is -1.98. The van der Waals surface area contributed by atoms with Gasteiger partial charge in [0, 0.05) is 3.57 Å². The summed E-state index contributed by atoms with van der Waals surface area (Å²) in [5, 5.41) is 0. The summed E-state index contributed by atoms with van der Waals surface area (Å²) >= 11 is 2.06. The van der Waals surface area contributed by atoms with Gasteiger partial charge >= 0.3 is 0 Å². The van der Waals surface area contributed by atoms with Gasteiger partial charge in [-0.2, -0.15) is 0 Å². The Balaban J connectivity index is 2.52. The molecule has 1 aromatic carbocycles. The molecule has 0 fully saturated rings. The molecule has 0 bridgehead atoms. The Morgan fingerprint density at radius 2 is 2.21 bits per heavy atom. The van der Waals surface area contributed by atoms with Crippen LogP contribution in [-0.2, 0) is 0 Å². The Bertz CT molecular complexity index is 467. The van der Waals surface area contributed by atoms with E-state index in [4.69, 9.17) is 4.42 Å². The van der Waals surface area contributed by atoms with E-state index in [1.165, 1.54) is 6.07 Å². The Kier molecular flexibility index (Phi) is 2.54. The van der Waals surface area contributed by atoms with E-state index in [1.54, 1.807) is 19.2 Å². The van der Waals surface area contributed by atoms with Crippen molar-refractivity contribution in [1.82, 2.24) is 4.98 Å². The van der Waals surface area contributed by atoms with Gasteiger partial charge in [0.05, 0.1) is 11.8 Å². The van der Waals surface area contributed by atoms with E-state index in [0.717, 1.165) is 3.57 Å². The number of oxazole rings is 1. The predicted molar refractivity (Wildman–Crippen MR) is 59.4 cm³/mol. The zero-order valence-electron chi connectivity index (χ0n) is 7.42. The lowest BCUT2D eigenvalue weighted by Crippen LogP contribution is -1.84. The van der Waals surface area contributed by atoms with Crippen LogP contribution < -0.4 is 0 Å². The molecule has 72 valence electrons. The van der Waals surface area contributed by atoms with Crippen LogP contribution in [0.3, 0.4) is 0 Å². The molecule has 1 heterocycles. The van der Waals surface area contributed by atoms with Crippen LogP contribution >= 0.6 is 22.6 Å². The minimum Gasteiger partial charge on any atom is -0.441 e. The van der Waals surface area contributed by atoms with Gasteiger partial charge in [-0.25, -0.2) is 9.37 Å². The molecule has 2 rings (SSSR count). The monoisotopic (exact) mass is 303 g/mol. The first-order chi connectivity index (χ1) is 6.66. The third-order valence-corrected chi connectivity index (χ3v) is 2.45. The minimum absolute atomic E-state index is 0.307. The Hall–Kier alpha value is -0.910. The Labute approximate surface area is 94.3 Å². The van der Waals surface area contributed by atoms with Crippen molar-refractivity contribution < 1.29 is 8.81 Å². The first-order valence-corrected chi connectivity index (χ1v) is 5.12. The van der Waals surface area contributed by atoms with Crippen LogP contribution in [0.25, 0.3) is 11.5 Å². The van der Waals surface area contributed by atoms with Gasteiger partial charge in [-0.3, -0.25) is 0 Å². The summed E-state index contributed by atoms with van der Waals surface area (Å²) in [5.74, 6) is 0.702. The highest BCUT2D eigenvalue weighted by molar-refractivity contribution is 14.1. The average Bonchev–Trinajstić information content (AvgIpc) is 2.51. The van der Waals surface area contributed by atoms with Gasteiger partial charge in [-0.1, -0.05) is 0 Å². The summed E-state index contributed by atoms with van der Waals surface area (Å²) in [6, 6.07) is 4.94. The zero-order chi connectivity index (χ0) is 10.1. The summed E-state index contributed by atoms with van der Waals surface area (Å²) in [7, 11) is 0. The van der Waals surface area contributed by atoms with Crippen molar-refractivity contribution in [2.75, 3.05) is 0 Å². The maximum absolute atomic E-state index is 13.4. The molecule has 2 aromatic rings. The van der Waals surface area contributed by atoms with Gasteiger partial charge in [0.15, 0.2) is 0 Å². The van der Waals surface area contributed by atoms with Crippen LogP contribution in [0.5, 0.6) is 0 Å². The lowest BCUT2D eigenvalue weighted by atomic mass is 10.2. The maximum atomic E-state index is 13.4. The number of aromatic nitrogens is 1. The zero-order valence-corrected chi connectivity index (χ0v) is 9.58. The molecule has 4 heteroatoms. The van der Waals surface area contributed by atoms with Gasteiger partial charge in [0.1, 0.15) is 11.6 Å². The molecular formula is C10H7FINO. The Morgan fingerprint density at radius 1 is 1.43 bits per heavy atom. The third-order valence-electron chi connectivity index (χ3n) is 1.78. The van der Waals surface area contributed by atoms with Crippen molar-refractivity contribution in [1.29, 1.82) is 0 Å². The SMILES string of the molecule is Cc1cnc(-c2ccc(I)cc2F)o1. The molecular weight excluding hydrogens is 296 g/mol. The van der Waals surface area contributed by atoms with Crippen molar-refractivity contribution in [2.24, 2.45) is 0 Å². The first-order valence-electron chi connectivity index (χ1n) is 4.04. The van der Waals surface area contributed by atoms with Crippen molar-refractivity contribution in [3.8, 4) is 11.5 Å². The average molecular weight is 303 g/mol. The van der Waals surface area contributed by atoms with E-state index in [9.17, 15) is 4.39 Å². The van der Waals surface area contributed by atoms with E-state index in [-0.39, 0.29) is 5.82 Å². The lowest BCUT2D eigenvalue weighted by molar-refractivity contribution is 0.534. The molecule has 0 spiro atoms. The summed E-state index contributed by atoms with van der Waals surface area (Å²) < 4.78 is 19.5. The predicted octanol–water partition coefficient (Wildman–Crippen LogP) is 3.39. The van der Waals surface area contributed by atoms with Crippen molar-refractivity contribution in [3.05, 3.63) is 39.5 Å². The highest BCUT2D eigenvalue weighted by Crippen LogP contribution is 2.23. The Morgan fingerprint density at radius 3 is 2.79 bits per heavy atom. The van der Waals surface area contributed by atoms with Crippen molar-refractivity contribution in [2.45, 2.75) is 6.92 Å². The summed E-state index contributed by atoms with van der Waals surface area (Å²) in [6.07, 6.45) is 1.58. The van der Waals surface area contributed by atoms with Gasteiger partial charge in [0.2, 0.25) is 5.89 Å². The maximum Gasteiger partial charge on any atom is 0.229 e. The van der Waals surface area contributed by atoms with Gasteiger partial charge in [0.25, 0.3) is 0 Å². The van der Waals surface area contributed by atoms with Crippen molar-refractivity contribution >= 4 is 22.6 Å². The molecule has 0 radical (unpaired) electrons. The fourth-order valence-electron chi connectivity index (χ4n) is 1.14. The summed E-state index contributed by atoms with van der Waals surface area (Å²) in [6.45, 7) is 1.78. The molecule has 0 saturated heterocycles. The second kappa shape index (κ2) is 3.68. The highest BCUT2D eigenvalue weighted by atomic mass is 127. The second-order valence-electron chi connectivity index (χ2n) is 2.90. The van der Waals surface area contributed by atoms with E-state index < -0.39 is 0 Å². The molecule has 0 atom stereocenters. The molecule has 0 N–H and O–H groups in total. The molecule has 0 unspecified atom stereocenters. The molecule has 0 aliphatic carbocycles. The van der Waals surface area contributed by atoms with Crippen LogP contribution in [0.4, 0.5) is 4.39 Å². The number of hydrogen-bond acceptors (Lipinski definition) is 2. The standard InChI is InChI=1S/C10H7FINO/c1-6-5-13-10(14-6)8-3-2-7(12)4-9(8)11/h2-5H,1H3. The molecule has 0 amide bonds. The van der Waals surface area contributed by atoms with Crippen LogP contribution in [0.2, 0.25) is 0 Å². The number of hydrogen-bond donors (Lipinski definition) is 0. The van der Waals surface area contributed by atoms with E-state index in [1.807, 2.05) is 6.07 Å². The van der Waals surface area contributed by atoms with Gasteiger partial charge < -0.3 is 4.42 Å².